The third kappa shape index (κ3) is 5.25. The number of rotatable bonds is 8. The van der Waals surface area contributed by atoms with E-state index in [4.69, 9.17) is 9.16 Å². The summed E-state index contributed by atoms with van der Waals surface area (Å²) in [6, 6.07) is 20.7. The number of aromatic amines is 1. The van der Waals surface area contributed by atoms with Crippen LogP contribution in [0.5, 0.6) is 0 Å². The second-order valence-corrected chi connectivity index (χ2v) is 15.6. The van der Waals surface area contributed by atoms with E-state index in [2.05, 4.69) is 65.1 Å². The maximum atomic E-state index is 12.6. The molecule has 11 heteroatoms. The molecule has 2 N–H and O–H groups in total. The molecule has 4 aromatic rings. The average molecular weight is 561 g/mol. The third-order valence-corrected chi connectivity index (χ3v) is 12.2. The fourth-order valence-electron chi connectivity index (χ4n) is 5.35. The van der Waals surface area contributed by atoms with Crippen LogP contribution in [0.4, 0.5) is 5.95 Å². The van der Waals surface area contributed by atoms with Gasteiger partial charge in [-0.3, -0.25) is 9.78 Å². The van der Waals surface area contributed by atoms with Gasteiger partial charge in [-0.25, -0.2) is 9.67 Å². The second-order valence-electron chi connectivity index (χ2n) is 11.3. The first kappa shape index (κ1) is 27.9. The molecule has 3 atom stereocenters. The van der Waals surface area contributed by atoms with E-state index in [0.717, 1.165) is 10.4 Å². The van der Waals surface area contributed by atoms with Crippen LogP contribution in [0.15, 0.2) is 76.6 Å². The van der Waals surface area contributed by atoms with E-state index in [1.165, 1.54) is 6.20 Å². The van der Waals surface area contributed by atoms with Gasteiger partial charge in [0.05, 0.1) is 25.2 Å². The minimum absolute atomic E-state index is 0.165. The molecule has 5 rings (SSSR count). The average Bonchev–Trinajstić information content (AvgIpc) is 3.52. The highest BCUT2D eigenvalue weighted by Crippen LogP contribution is 2.38. The molecule has 1 aliphatic heterocycles. The van der Waals surface area contributed by atoms with E-state index in [1.54, 1.807) is 15.9 Å². The highest BCUT2D eigenvalue weighted by atomic mass is 28.4. The first-order chi connectivity index (χ1) is 19.1. The van der Waals surface area contributed by atoms with Crippen LogP contribution in [0.3, 0.4) is 0 Å². The predicted octanol–water partition coefficient (Wildman–Crippen LogP) is 2.57. The highest BCUT2D eigenvalue weighted by molar-refractivity contribution is 6.99. The van der Waals surface area contributed by atoms with Crippen molar-refractivity contribution in [1.82, 2.24) is 24.6 Å². The Balaban J connectivity index is 1.44. The summed E-state index contributed by atoms with van der Waals surface area (Å²) in [5, 5.41) is 17.9. The molecule has 1 saturated heterocycles. The van der Waals surface area contributed by atoms with Crippen LogP contribution >= 0.6 is 0 Å². The molecule has 0 spiro atoms. The standard InChI is InChI=1S/C29H36N6O4Si/c1-29(2,3)40(20-12-8-6-9-13-20,21-14-10-7-11-15-21)38-18-24-23(36)16-25(39-24)35-26-22(17-31-35)27(37)33-28(32-26)30-19-34(4)5/h6-15,17,19,23-25,36H,16,18H2,1-5H3,(H,32,33,37)/b30-19-/t23?,24-,25-/m1/s1. The smallest absolute Gasteiger partial charge is 0.263 e. The number of nitrogens with zero attached hydrogens (tertiary/aromatic N) is 5. The Labute approximate surface area is 234 Å². The summed E-state index contributed by atoms with van der Waals surface area (Å²) in [6.45, 7) is 6.84. The monoisotopic (exact) mass is 560 g/mol. The van der Waals surface area contributed by atoms with E-state index in [1.807, 2.05) is 50.5 Å². The number of fused-ring (bicyclic) bond motifs is 1. The lowest BCUT2D eigenvalue weighted by molar-refractivity contribution is -0.0438. The van der Waals surface area contributed by atoms with Crippen molar-refractivity contribution in [3.63, 3.8) is 0 Å². The van der Waals surface area contributed by atoms with Gasteiger partial charge in [0.25, 0.3) is 13.9 Å². The quantitative estimate of drug-likeness (QED) is 0.193. The van der Waals surface area contributed by atoms with Crippen LogP contribution in [-0.2, 0) is 9.16 Å². The van der Waals surface area contributed by atoms with Gasteiger partial charge >= 0.3 is 0 Å². The molecule has 2 aromatic carbocycles. The summed E-state index contributed by atoms with van der Waals surface area (Å²) in [6.07, 6.45) is 1.33. The van der Waals surface area contributed by atoms with E-state index < -0.39 is 26.8 Å². The molecular weight excluding hydrogens is 524 g/mol. The maximum Gasteiger partial charge on any atom is 0.263 e. The van der Waals surface area contributed by atoms with Crippen LogP contribution in [0, 0.1) is 0 Å². The van der Waals surface area contributed by atoms with Crippen molar-refractivity contribution in [3.05, 3.63) is 77.2 Å². The molecule has 210 valence electrons. The molecule has 10 nitrogen and oxygen atoms in total. The van der Waals surface area contributed by atoms with Crippen LogP contribution in [0.1, 0.15) is 33.4 Å². The minimum atomic E-state index is -2.80. The number of hydrogen-bond donors (Lipinski definition) is 2. The lowest BCUT2D eigenvalue weighted by Crippen LogP contribution is -2.67. The van der Waals surface area contributed by atoms with E-state index >= 15 is 0 Å². The van der Waals surface area contributed by atoms with Gasteiger partial charge in [0.15, 0.2) is 11.9 Å². The van der Waals surface area contributed by atoms with Gasteiger partial charge in [-0.2, -0.15) is 10.1 Å². The van der Waals surface area contributed by atoms with Gasteiger partial charge in [0, 0.05) is 20.5 Å². The Morgan fingerprint density at radius 3 is 2.35 bits per heavy atom. The van der Waals surface area contributed by atoms with Crippen molar-refractivity contribution < 1.29 is 14.3 Å². The molecule has 0 saturated carbocycles. The number of aliphatic hydroxyl groups is 1. The Bertz CT molecular complexity index is 1490. The molecule has 1 aliphatic rings. The first-order valence-electron chi connectivity index (χ1n) is 13.4. The summed E-state index contributed by atoms with van der Waals surface area (Å²) >= 11 is 0. The predicted molar refractivity (Wildman–Crippen MR) is 158 cm³/mol. The molecule has 0 amide bonds. The highest BCUT2D eigenvalue weighted by Gasteiger charge is 2.51. The molecule has 0 radical (unpaired) electrons. The SMILES string of the molecule is CN(C)/C=N\c1nc2c(cnn2[C@H]2CC(O)[C@@H](CO[Si](c3ccccc3)(c3ccccc3)C(C)(C)C)O2)c(=O)[nH]1. The number of H-pyrrole nitrogens is 1. The van der Waals surface area contributed by atoms with Crippen molar-refractivity contribution in [2.24, 2.45) is 4.99 Å². The van der Waals surface area contributed by atoms with Crippen molar-refractivity contribution in [3.8, 4) is 0 Å². The third-order valence-electron chi connectivity index (χ3n) is 7.22. The molecule has 0 aliphatic carbocycles. The molecule has 3 heterocycles. The lowest BCUT2D eigenvalue weighted by atomic mass is 10.2. The first-order valence-corrected chi connectivity index (χ1v) is 15.3. The zero-order valence-electron chi connectivity index (χ0n) is 23.5. The number of aromatic nitrogens is 4. The zero-order valence-corrected chi connectivity index (χ0v) is 24.5. The van der Waals surface area contributed by atoms with E-state index in [-0.39, 0.29) is 29.6 Å². The Morgan fingerprint density at radius 2 is 1.77 bits per heavy atom. The minimum Gasteiger partial charge on any atom is -0.405 e. The van der Waals surface area contributed by atoms with Crippen molar-refractivity contribution in [2.45, 2.75) is 50.7 Å². The Kier molecular flexibility index (Phi) is 7.73. The van der Waals surface area contributed by atoms with Crippen molar-refractivity contribution in [2.75, 3.05) is 20.7 Å². The molecule has 40 heavy (non-hydrogen) atoms. The van der Waals surface area contributed by atoms with Crippen molar-refractivity contribution in [1.29, 1.82) is 0 Å². The molecular formula is C29H36N6O4Si. The topological polar surface area (TPSA) is 118 Å². The molecule has 1 unspecified atom stereocenters. The molecule has 2 aromatic heterocycles. The van der Waals surface area contributed by atoms with Gasteiger partial charge < -0.3 is 19.2 Å². The van der Waals surface area contributed by atoms with Gasteiger partial charge in [-0.1, -0.05) is 81.4 Å². The van der Waals surface area contributed by atoms with E-state index in [9.17, 15) is 9.90 Å². The maximum absolute atomic E-state index is 12.6. The number of aliphatic imine (C=N–C) groups is 1. The number of benzene rings is 2. The molecule has 1 fully saturated rings. The fourth-order valence-corrected chi connectivity index (χ4v) is 9.92. The summed E-state index contributed by atoms with van der Waals surface area (Å²) in [5.41, 5.74) is 0.00711. The summed E-state index contributed by atoms with van der Waals surface area (Å²) in [4.78, 5) is 25.8. The Morgan fingerprint density at radius 1 is 1.15 bits per heavy atom. The molecule has 0 bridgehead atoms. The Hall–Kier alpha value is -3.64. The normalized spacial score (nSPS) is 20.0. The summed E-state index contributed by atoms with van der Waals surface area (Å²) < 4.78 is 14.9. The number of nitrogens with one attached hydrogen (secondary N) is 1. The van der Waals surface area contributed by atoms with Crippen LogP contribution in [0.25, 0.3) is 11.0 Å². The summed E-state index contributed by atoms with van der Waals surface area (Å²) in [7, 11) is 0.850. The number of ether oxygens (including phenoxy) is 1. The summed E-state index contributed by atoms with van der Waals surface area (Å²) in [5.74, 6) is 0.165. The largest absolute Gasteiger partial charge is 0.405 e. The van der Waals surface area contributed by atoms with Crippen LogP contribution in [0.2, 0.25) is 5.04 Å². The van der Waals surface area contributed by atoms with Crippen LogP contribution < -0.4 is 15.9 Å². The number of hydrogen-bond acceptors (Lipinski definition) is 7. The zero-order chi connectivity index (χ0) is 28.5. The van der Waals surface area contributed by atoms with Gasteiger partial charge in [-0.15, -0.1) is 0 Å². The van der Waals surface area contributed by atoms with Gasteiger partial charge in [0.1, 0.15) is 11.5 Å². The van der Waals surface area contributed by atoms with E-state index in [0.29, 0.717) is 11.0 Å². The fraction of sp³-hybridized carbons (Fsp3) is 0.379. The van der Waals surface area contributed by atoms with Crippen LogP contribution in [-0.4, -0.2) is 77.3 Å². The second kappa shape index (κ2) is 11.1. The van der Waals surface area contributed by atoms with Gasteiger partial charge in [-0.05, 0) is 15.4 Å². The van der Waals surface area contributed by atoms with Gasteiger partial charge in [0.2, 0.25) is 5.95 Å². The van der Waals surface area contributed by atoms with Crippen molar-refractivity contribution >= 4 is 42.0 Å². The lowest BCUT2D eigenvalue weighted by Gasteiger charge is -2.43. The number of aliphatic hydroxyl groups excluding tert-OH is 1.